The van der Waals surface area contributed by atoms with E-state index in [2.05, 4.69) is 12.1 Å². The summed E-state index contributed by atoms with van der Waals surface area (Å²) in [5.74, 6) is 0.913. The maximum atomic E-state index is 8.52. The van der Waals surface area contributed by atoms with Crippen LogP contribution in [0, 0.1) is 18.3 Å². The summed E-state index contributed by atoms with van der Waals surface area (Å²) in [5, 5.41) is 8.52. The summed E-state index contributed by atoms with van der Waals surface area (Å²) in [7, 11) is 0. The van der Waals surface area contributed by atoms with Crippen LogP contribution in [-0.2, 0) is 11.2 Å². The molecule has 0 spiro atoms. The third-order valence-electron chi connectivity index (χ3n) is 2.59. The van der Waals surface area contributed by atoms with Crippen molar-refractivity contribution in [1.82, 2.24) is 0 Å². The van der Waals surface area contributed by atoms with Gasteiger partial charge >= 0.3 is 0 Å². The molecule has 3 nitrogen and oxygen atoms in total. The van der Waals surface area contributed by atoms with Crippen LogP contribution in [0.5, 0.6) is 5.75 Å². The second kappa shape index (κ2) is 5.00. The van der Waals surface area contributed by atoms with Gasteiger partial charge in [-0.2, -0.15) is 5.26 Å². The van der Waals surface area contributed by atoms with Gasteiger partial charge in [0.25, 0.3) is 0 Å². The number of nitriles is 1. The molecular formula is C13H15NO2. The number of rotatable bonds is 5. The van der Waals surface area contributed by atoms with Crippen LogP contribution in [-0.4, -0.2) is 19.3 Å². The number of ether oxygens (including phenoxy) is 2. The Bertz CT molecular complexity index is 405. The maximum absolute atomic E-state index is 8.52. The molecule has 1 aromatic carbocycles. The molecule has 2 rings (SSSR count). The maximum Gasteiger partial charge on any atom is 0.122 e. The quantitative estimate of drug-likeness (QED) is 0.710. The lowest BCUT2D eigenvalue weighted by molar-refractivity contribution is 0.261. The molecular weight excluding hydrogens is 202 g/mol. The Labute approximate surface area is 95.6 Å². The van der Waals surface area contributed by atoms with E-state index in [1.807, 2.05) is 19.1 Å². The highest BCUT2D eigenvalue weighted by molar-refractivity contribution is 5.36. The molecule has 1 heterocycles. The van der Waals surface area contributed by atoms with Crippen LogP contribution in [0.1, 0.15) is 17.5 Å². The van der Waals surface area contributed by atoms with E-state index in [0.717, 1.165) is 24.3 Å². The summed E-state index contributed by atoms with van der Waals surface area (Å²) in [6, 6.07) is 8.23. The second-order valence-electron chi connectivity index (χ2n) is 4.02. The average molecular weight is 217 g/mol. The van der Waals surface area contributed by atoms with Crippen molar-refractivity contribution in [2.45, 2.75) is 25.9 Å². The van der Waals surface area contributed by atoms with Crippen LogP contribution >= 0.6 is 0 Å². The first-order chi connectivity index (χ1) is 7.79. The van der Waals surface area contributed by atoms with Crippen LogP contribution in [0.4, 0.5) is 0 Å². The third-order valence-corrected chi connectivity index (χ3v) is 2.59. The molecule has 1 aromatic rings. The van der Waals surface area contributed by atoms with E-state index in [9.17, 15) is 0 Å². The Balaban J connectivity index is 1.95. The highest BCUT2D eigenvalue weighted by Crippen LogP contribution is 2.21. The molecule has 0 aliphatic carbocycles. The number of hydrogen-bond donors (Lipinski definition) is 0. The molecule has 3 heteroatoms. The van der Waals surface area contributed by atoms with Gasteiger partial charge in [-0.05, 0) is 30.5 Å². The molecule has 0 saturated carbocycles. The third kappa shape index (κ3) is 2.98. The zero-order valence-corrected chi connectivity index (χ0v) is 9.40. The Morgan fingerprint density at radius 3 is 3.00 bits per heavy atom. The summed E-state index contributed by atoms with van der Waals surface area (Å²) in [4.78, 5) is 0. The van der Waals surface area contributed by atoms with Crippen molar-refractivity contribution in [3.05, 3.63) is 29.3 Å². The summed E-state index contributed by atoms with van der Waals surface area (Å²) in [6.45, 7) is 3.48. The summed E-state index contributed by atoms with van der Waals surface area (Å²) < 4.78 is 10.7. The molecule has 0 N–H and O–H groups in total. The fourth-order valence-corrected chi connectivity index (χ4v) is 1.58. The first-order valence-electron chi connectivity index (χ1n) is 5.50. The van der Waals surface area contributed by atoms with E-state index in [4.69, 9.17) is 14.7 Å². The fraction of sp³-hybridized carbons (Fsp3) is 0.462. The van der Waals surface area contributed by atoms with Gasteiger partial charge in [-0.1, -0.05) is 12.1 Å². The van der Waals surface area contributed by atoms with Crippen molar-refractivity contribution in [3.8, 4) is 11.8 Å². The van der Waals surface area contributed by atoms with E-state index in [-0.39, 0.29) is 6.10 Å². The monoisotopic (exact) mass is 217 g/mol. The van der Waals surface area contributed by atoms with Crippen molar-refractivity contribution in [1.29, 1.82) is 5.26 Å². The van der Waals surface area contributed by atoms with E-state index in [0.29, 0.717) is 13.0 Å². The minimum Gasteiger partial charge on any atom is -0.491 e. The number of aryl methyl sites for hydroxylation is 2. The predicted molar refractivity (Wildman–Crippen MR) is 60.3 cm³/mol. The van der Waals surface area contributed by atoms with E-state index in [1.165, 1.54) is 5.56 Å². The Morgan fingerprint density at radius 2 is 2.38 bits per heavy atom. The van der Waals surface area contributed by atoms with Crippen LogP contribution in [0.3, 0.4) is 0 Å². The standard InChI is InChI=1S/C13H15NO2/c1-10-7-11(3-2-6-14)4-5-13(10)16-9-12-8-15-12/h4-5,7,12H,2-3,8-9H2,1H3. The fourth-order valence-electron chi connectivity index (χ4n) is 1.58. The van der Waals surface area contributed by atoms with Crippen LogP contribution in [0.25, 0.3) is 0 Å². The number of benzene rings is 1. The summed E-state index contributed by atoms with van der Waals surface area (Å²) in [6.07, 6.45) is 1.66. The zero-order chi connectivity index (χ0) is 11.4. The van der Waals surface area contributed by atoms with Crippen molar-refractivity contribution < 1.29 is 9.47 Å². The lowest BCUT2D eigenvalue weighted by atomic mass is 10.1. The molecule has 1 fully saturated rings. The summed E-state index contributed by atoms with van der Waals surface area (Å²) in [5.41, 5.74) is 2.31. The lowest BCUT2D eigenvalue weighted by Gasteiger charge is -2.09. The first kappa shape index (κ1) is 11.0. The summed E-state index contributed by atoms with van der Waals surface area (Å²) >= 11 is 0. The van der Waals surface area contributed by atoms with E-state index < -0.39 is 0 Å². The Kier molecular flexibility index (Phi) is 3.43. The molecule has 1 aliphatic rings. The normalized spacial score (nSPS) is 17.9. The lowest BCUT2D eigenvalue weighted by Crippen LogP contribution is -2.05. The second-order valence-corrected chi connectivity index (χ2v) is 4.02. The predicted octanol–water partition coefficient (Wildman–Crippen LogP) is 2.23. The van der Waals surface area contributed by atoms with Crippen LogP contribution < -0.4 is 4.74 Å². The van der Waals surface area contributed by atoms with Crippen molar-refractivity contribution >= 4 is 0 Å². The van der Waals surface area contributed by atoms with Gasteiger partial charge in [0.1, 0.15) is 18.5 Å². The van der Waals surface area contributed by atoms with Crippen molar-refractivity contribution in [3.63, 3.8) is 0 Å². The van der Waals surface area contributed by atoms with Gasteiger partial charge in [-0.15, -0.1) is 0 Å². The molecule has 0 aromatic heterocycles. The van der Waals surface area contributed by atoms with Gasteiger partial charge in [-0.3, -0.25) is 0 Å². The average Bonchev–Trinajstić information content (AvgIpc) is 3.09. The van der Waals surface area contributed by atoms with Gasteiger partial charge in [0.05, 0.1) is 12.7 Å². The van der Waals surface area contributed by atoms with Gasteiger partial charge in [-0.25, -0.2) is 0 Å². The van der Waals surface area contributed by atoms with Gasteiger partial charge < -0.3 is 9.47 Å². The highest BCUT2D eigenvalue weighted by Gasteiger charge is 2.23. The molecule has 16 heavy (non-hydrogen) atoms. The molecule has 84 valence electrons. The van der Waals surface area contributed by atoms with Crippen molar-refractivity contribution in [2.75, 3.05) is 13.2 Å². The Morgan fingerprint density at radius 1 is 1.56 bits per heavy atom. The number of nitrogens with zero attached hydrogens (tertiary/aromatic N) is 1. The van der Waals surface area contributed by atoms with Gasteiger partial charge in [0.15, 0.2) is 0 Å². The molecule has 1 unspecified atom stereocenters. The molecule has 1 atom stereocenters. The van der Waals surface area contributed by atoms with Gasteiger partial charge in [0, 0.05) is 6.42 Å². The molecule has 0 bridgehead atoms. The molecule has 0 amide bonds. The van der Waals surface area contributed by atoms with Crippen LogP contribution in [0.15, 0.2) is 18.2 Å². The topological polar surface area (TPSA) is 45.5 Å². The number of epoxide rings is 1. The SMILES string of the molecule is Cc1cc(CCC#N)ccc1OCC1CO1. The smallest absolute Gasteiger partial charge is 0.122 e. The minimum atomic E-state index is 0.290. The highest BCUT2D eigenvalue weighted by atomic mass is 16.6. The molecule has 1 aliphatic heterocycles. The number of hydrogen-bond acceptors (Lipinski definition) is 3. The van der Waals surface area contributed by atoms with Crippen molar-refractivity contribution in [2.24, 2.45) is 0 Å². The van der Waals surface area contributed by atoms with Crippen LogP contribution in [0.2, 0.25) is 0 Å². The largest absolute Gasteiger partial charge is 0.491 e. The Hall–Kier alpha value is -1.53. The molecule has 0 radical (unpaired) electrons. The first-order valence-corrected chi connectivity index (χ1v) is 5.50. The minimum absolute atomic E-state index is 0.290. The van der Waals surface area contributed by atoms with E-state index >= 15 is 0 Å². The van der Waals surface area contributed by atoms with Gasteiger partial charge in [0.2, 0.25) is 0 Å². The zero-order valence-electron chi connectivity index (χ0n) is 9.40. The molecule has 1 saturated heterocycles. The van der Waals surface area contributed by atoms with E-state index in [1.54, 1.807) is 0 Å².